The summed E-state index contributed by atoms with van der Waals surface area (Å²) in [5, 5.41) is 9.40. The van der Waals surface area contributed by atoms with Gasteiger partial charge in [-0.05, 0) is 48.4 Å². The minimum atomic E-state index is 0.176. The number of benzene rings is 2. The molecule has 0 aromatic heterocycles. The molecule has 144 valence electrons. The highest BCUT2D eigenvalue weighted by Gasteiger charge is 2.21. The van der Waals surface area contributed by atoms with Crippen LogP contribution in [0.1, 0.15) is 12.0 Å². The molecule has 0 spiro atoms. The minimum absolute atomic E-state index is 0.176. The van der Waals surface area contributed by atoms with Crippen molar-refractivity contribution in [3.8, 4) is 17.2 Å². The Balaban J connectivity index is 1.50. The van der Waals surface area contributed by atoms with Crippen LogP contribution in [0, 0.1) is 0 Å². The molecule has 1 amide bonds. The second-order valence-electron chi connectivity index (χ2n) is 6.57. The van der Waals surface area contributed by atoms with Gasteiger partial charge in [-0.2, -0.15) is 0 Å². The number of hydrogen-bond donors (Lipinski definition) is 1. The number of anilines is 1. The second kappa shape index (κ2) is 8.66. The molecule has 2 aromatic carbocycles. The lowest BCUT2D eigenvalue weighted by Crippen LogP contribution is -2.48. The van der Waals surface area contributed by atoms with Crippen molar-refractivity contribution in [2.24, 2.45) is 0 Å². The summed E-state index contributed by atoms with van der Waals surface area (Å²) in [5.74, 6) is 1.82. The van der Waals surface area contributed by atoms with E-state index in [0.29, 0.717) is 37.4 Å². The number of hydrogen-bond acceptors (Lipinski definition) is 5. The summed E-state index contributed by atoms with van der Waals surface area (Å²) in [6, 6.07) is 13.0. The van der Waals surface area contributed by atoms with Crippen molar-refractivity contribution in [3.63, 3.8) is 0 Å². The standard InChI is InChI=1S/C21H26N2O4/c1-26-19-9-3-16(15-20(19)27-2)4-10-21(25)23-13-11-22(12-14-23)17-5-7-18(24)8-6-17/h3,5-9,15,24H,4,10-14H2,1-2H3. The Morgan fingerprint density at radius 3 is 2.26 bits per heavy atom. The Morgan fingerprint density at radius 1 is 0.963 bits per heavy atom. The number of carbonyl (C=O) groups is 1. The maximum absolute atomic E-state index is 12.6. The van der Waals surface area contributed by atoms with E-state index in [-0.39, 0.29) is 11.7 Å². The molecule has 1 fully saturated rings. The van der Waals surface area contributed by atoms with Crippen molar-refractivity contribution in [1.82, 2.24) is 4.90 Å². The molecule has 1 aliphatic heterocycles. The molecular formula is C21H26N2O4. The summed E-state index contributed by atoms with van der Waals surface area (Å²) >= 11 is 0. The van der Waals surface area contributed by atoms with Crippen LogP contribution >= 0.6 is 0 Å². The third-order valence-corrected chi connectivity index (χ3v) is 4.92. The number of nitrogens with zero attached hydrogens (tertiary/aromatic N) is 2. The van der Waals surface area contributed by atoms with Crippen LogP contribution in [-0.2, 0) is 11.2 Å². The molecule has 2 aromatic rings. The van der Waals surface area contributed by atoms with Crippen LogP contribution in [0.5, 0.6) is 17.2 Å². The lowest BCUT2D eigenvalue weighted by Gasteiger charge is -2.36. The molecule has 0 aliphatic carbocycles. The van der Waals surface area contributed by atoms with Gasteiger partial charge in [0.1, 0.15) is 5.75 Å². The van der Waals surface area contributed by atoms with Crippen LogP contribution in [0.4, 0.5) is 5.69 Å². The Labute approximate surface area is 159 Å². The highest BCUT2D eigenvalue weighted by atomic mass is 16.5. The van der Waals surface area contributed by atoms with Crippen molar-refractivity contribution in [3.05, 3.63) is 48.0 Å². The Hall–Kier alpha value is -2.89. The number of ether oxygens (including phenoxy) is 2. The fraction of sp³-hybridized carbons (Fsp3) is 0.381. The lowest BCUT2D eigenvalue weighted by molar-refractivity contribution is -0.131. The Kier molecular flexibility index (Phi) is 6.06. The first-order valence-corrected chi connectivity index (χ1v) is 9.13. The third-order valence-electron chi connectivity index (χ3n) is 4.92. The predicted molar refractivity (Wildman–Crippen MR) is 105 cm³/mol. The minimum Gasteiger partial charge on any atom is -0.508 e. The highest BCUT2D eigenvalue weighted by Crippen LogP contribution is 2.28. The molecule has 0 unspecified atom stereocenters. The van der Waals surface area contributed by atoms with Gasteiger partial charge in [0.05, 0.1) is 14.2 Å². The van der Waals surface area contributed by atoms with Crippen LogP contribution in [0.25, 0.3) is 0 Å². The van der Waals surface area contributed by atoms with Crippen LogP contribution in [-0.4, -0.2) is 56.3 Å². The van der Waals surface area contributed by atoms with E-state index in [2.05, 4.69) is 4.90 Å². The first-order valence-electron chi connectivity index (χ1n) is 9.13. The molecule has 6 heteroatoms. The second-order valence-corrected chi connectivity index (χ2v) is 6.57. The average Bonchev–Trinajstić information content (AvgIpc) is 2.72. The molecule has 1 N–H and O–H groups in total. The number of aromatic hydroxyl groups is 1. The van der Waals surface area contributed by atoms with E-state index in [9.17, 15) is 9.90 Å². The summed E-state index contributed by atoms with van der Waals surface area (Å²) in [6.45, 7) is 3.02. The highest BCUT2D eigenvalue weighted by molar-refractivity contribution is 5.77. The predicted octanol–water partition coefficient (Wildman–Crippen LogP) is 2.69. The number of carbonyl (C=O) groups excluding carboxylic acids is 1. The normalized spacial score (nSPS) is 14.1. The molecule has 27 heavy (non-hydrogen) atoms. The fourth-order valence-corrected chi connectivity index (χ4v) is 3.32. The maximum Gasteiger partial charge on any atom is 0.223 e. The number of aryl methyl sites for hydroxylation is 1. The van der Waals surface area contributed by atoms with Gasteiger partial charge in [0, 0.05) is 38.3 Å². The van der Waals surface area contributed by atoms with E-state index in [1.165, 1.54) is 0 Å². The van der Waals surface area contributed by atoms with E-state index in [1.54, 1.807) is 26.4 Å². The molecule has 0 bridgehead atoms. The van der Waals surface area contributed by atoms with Crippen LogP contribution in [0.15, 0.2) is 42.5 Å². The van der Waals surface area contributed by atoms with Crippen molar-refractivity contribution in [1.29, 1.82) is 0 Å². The molecule has 0 radical (unpaired) electrons. The molecular weight excluding hydrogens is 344 g/mol. The molecule has 1 saturated heterocycles. The van der Waals surface area contributed by atoms with E-state index in [0.717, 1.165) is 24.3 Å². The van der Waals surface area contributed by atoms with Gasteiger partial charge in [-0.3, -0.25) is 4.79 Å². The molecule has 0 saturated carbocycles. The van der Waals surface area contributed by atoms with Gasteiger partial charge in [-0.15, -0.1) is 0 Å². The van der Waals surface area contributed by atoms with Gasteiger partial charge < -0.3 is 24.4 Å². The van der Waals surface area contributed by atoms with E-state index < -0.39 is 0 Å². The first kappa shape index (κ1) is 18.9. The Bertz CT molecular complexity index is 768. The van der Waals surface area contributed by atoms with Crippen LogP contribution in [0.2, 0.25) is 0 Å². The average molecular weight is 370 g/mol. The van der Waals surface area contributed by atoms with E-state index in [4.69, 9.17) is 9.47 Å². The van der Waals surface area contributed by atoms with Gasteiger partial charge >= 0.3 is 0 Å². The third kappa shape index (κ3) is 4.64. The van der Waals surface area contributed by atoms with Crippen LogP contribution < -0.4 is 14.4 Å². The lowest BCUT2D eigenvalue weighted by atomic mass is 10.1. The summed E-state index contributed by atoms with van der Waals surface area (Å²) in [4.78, 5) is 16.7. The van der Waals surface area contributed by atoms with E-state index in [1.807, 2.05) is 35.2 Å². The zero-order valence-corrected chi connectivity index (χ0v) is 15.9. The van der Waals surface area contributed by atoms with Gasteiger partial charge in [0.25, 0.3) is 0 Å². The van der Waals surface area contributed by atoms with Crippen molar-refractivity contribution in [2.75, 3.05) is 45.3 Å². The first-order chi connectivity index (χ1) is 13.1. The Morgan fingerprint density at radius 2 is 1.63 bits per heavy atom. The quantitative estimate of drug-likeness (QED) is 0.847. The molecule has 1 heterocycles. The van der Waals surface area contributed by atoms with Crippen molar-refractivity contribution < 1.29 is 19.4 Å². The van der Waals surface area contributed by atoms with Crippen molar-refractivity contribution in [2.45, 2.75) is 12.8 Å². The molecule has 0 atom stereocenters. The smallest absolute Gasteiger partial charge is 0.223 e. The fourth-order valence-electron chi connectivity index (χ4n) is 3.32. The topological polar surface area (TPSA) is 62.2 Å². The van der Waals surface area contributed by atoms with Gasteiger partial charge in [-0.1, -0.05) is 6.07 Å². The molecule has 1 aliphatic rings. The molecule has 3 rings (SSSR count). The molecule has 6 nitrogen and oxygen atoms in total. The number of methoxy groups -OCH3 is 2. The summed E-state index contributed by atoms with van der Waals surface area (Å²) < 4.78 is 10.6. The largest absolute Gasteiger partial charge is 0.508 e. The van der Waals surface area contributed by atoms with Gasteiger partial charge in [-0.25, -0.2) is 0 Å². The van der Waals surface area contributed by atoms with Crippen molar-refractivity contribution >= 4 is 11.6 Å². The summed E-state index contributed by atoms with van der Waals surface area (Å²) in [7, 11) is 3.22. The number of rotatable bonds is 6. The number of amides is 1. The number of piperazine rings is 1. The number of phenols is 1. The maximum atomic E-state index is 12.6. The van der Waals surface area contributed by atoms with Crippen LogP contribution in [0.3, 0.4) is 0 Å². The SMILES string of the molecule is COc1ccc(CCC(=O)N2CCN(c3ccc(O)cc3)CC2)cc1OC. The zero-order valence-electron chi connectivity index (χ0n) is 15.9. The monoisotopic (exact) mass is 370 g/mol. The van der Waals surface area contributed by atoms with Gasteiger partial charge in [0.15, 0.2) is 11.5 Å². The van der Waals surface area contributed by atoms with Gasteiger partial charge in [0.2, 0.25) is 5.91 Å². The number of phenolic OH excluding ortho intramolecular Hbond substituents is 1. The zero-order chi connectivity index (χ0) is 19.2. The van der Waals surface area contributed by atoms with E-state index >= 15 is 0 Å². The summed E-state index contributed by atoms with van der Waals surface area (Å²) in [5.41, 5.74) is 2.13. The summed E-state index contributed by atoms with van der Waals surface area (Å²) in [6.07, 6.45) is 1.16.